The lowest BCUT2D eigenvalue weighted by Gasteiger charge is -2.38. The number of benzene rings is 1. The van der Waals surface area contributed by atoms with E-state index < -0.39 is 0 Å². The Labute approximate surface area is 114 Å². The fraction of sp³-hybridized carbons (Fsp3) is 0.385. The molecule has 3 N–H and O–H groups in total. The molecule has 1 aromatic heterocycles. The normalized spacial score (nSPS) is 17.1. The van der Waals surface area contributed by atoms with Gasteiger partial charge in [0.15, 0.2) is 5.13 Å². The first-order valence-electron chi connectivity index (χ1n) is 6.08. The van der Waals surface area contributed by atoms with Gasteiger partial charge in [0, 0.05) is 17.5 Å². The lowest BCUT2D eigenvalue weighted by molar-refractivity contribution is -0.0978. The van der Waals surface area contributed by atoms with E-state index in [1.54, 1.807) is 6.07 Å². The first-order valence-corrected chi connectivity index (χ1v) is 6.89. The number of fused-ring (bicyclic) bond motifs is 1. The zero-order valence-electron chi connectivity index (χ0n) is 10.6. The fourth-order valence-corrected chi connectivity index (χ4v) is 2.81. The second kappa shape index (κ2) is 4.47. The number of carbonyl (C=O) groups is 1. The molecule has 1 fully saturated rings. The summed E-state index contributed by atoms with van der Waals surface area (Å²) in [6.07, 6.45) is 0. The van der Waals surface area contributed by atoms with Crippen LogP contribution in [0, 0.1) is 5.41 Å². The maximum Gasteiger partial charge on any atom is 0.251 e. The number of nitrogens with two attached hydrogens (primary N) is 1. The van der Waals surface area contributed by atoms with Crippen LogP contribution in [0.2, 0.25) is 0 Å². The van der Waals surface area contributed by atoms with E-state index in [0.717, 1.165) is 10.2 Å². The first-order chi connectivity index (χ1) is 9.06. The molecule has 0 saturated carbocycles. The maximum absolute atomic E-state index is 12.1. The quantitative estimate of drug-likeness (QED) is 0.894. The van der Waals surface area contributed by atoms with Crippen LogP contribution >= 0.6 is 11.3 Å². The molecule has 0 unspecified atom stereocenters. The summed E-state index contributed by atoms with van der Waals surface area (Å²) in [5, 5.41) is 3.47. The Morgan fingerprint density at radius 2 is 2.37 bits per heavy atom. The highest BCUT2D eigenvalue weighted by Crippen LogP contribution is 2.26. The van der Waals surface area contributed by atoms with E-state index >= 15 is 0 Å². The zero-order valence-corrected chi connectivity index (χ0v) is 11.4. The van der Waals surface area contributed by atoms with Crippen LogP contribution < -0.4 is 11.1 Å². The van der Waals surface area contributed by atoms with E-state index in [-0.39, 0.29) is 11.3 Å². The van der Waals surface area contributed by atoms with Gasteiger partial charge < -0.3 is 15.8 Å². The van der Waals surface area contributed by atoms with Crippen molar-refractivity contribution in [3.05, 3.63) is 23.8 Å². The second-order valence-corrected chi connectivity index (χ2v) is 6.28. The van der Waals surface area contributed by atoms with Gasteiger partial charge in [0.1, 0.15) is 0 Å². The van der Waals surface area contributed by atoms with Crippen molar-refractivity contribution in [2.75, 3.05) is 25.5 Å². The van der Waals surface area contributed by atoms with Gasteiger partial charge in [0.2, 0.25) is 0 Å². The molecule has 6 heteroatoms. The standard InChI is InChI=1S/C13H15N3O2S/c1-13(6-18-7-13)5-15-11(17)8-2-3-9-10(4-8)19-12(14)16-9/h2-4H,5-7H2,1H3,(H2,14,16)(H,15,17). The molecule has 1 saturated heterocycles. The molecule has 2 aromatic rings. The number of thiazole rings is 1. The van der Waals surface area contributed by atoms with Crippen LogP contribution in [-0.4, -0.2) is 30.6 Å². The average molecular weight is 277 g/mol. The van der Waals surface area contributed by atoms with Crippen molar-refractivity contribution in [3.8, 4) is 0 Å². The minimum atomic E-state index is -0.0676. The molecule has 1 aliphatic rings. The van der Waals surface area contributed by atoms with Crippen molar-refractivity contribution in [2.24, 2.45) is 5.41 Å². The van der Waals surface area contributed by atoms with E-state index in [1.807, 2.05) is 12.1 Å². The lowest BCUT2D eigenvalue weighted by atomic mass is 9.88. The number of anilines is 1. The SMILES string of the molecule is CC1(CNC(=O)c2ccc3nc(N)sc3c2)COC1. The summed E-state index contributed by atoms with van der Waals surface area (Å²) in [6, 6.07) is 5.43. The van der Waals surface area contributed by atoms with Crippen LogP contribution in [0.4, 0.5) is 5.13 Å². The maximum atomic E-state index is 12.1. The summed E-state index contributed by atoms with van der Waals surface area (Å²) in [7, 11) is 0. The van der Waals surface area contributed by atoms with Gasteiger partial charge in [-0.1, -0.05) is 18.3 Å². The molecule has 0 radical (unpaired) electrons. The molecule has 0 atom stereocenters. The van der Waals surface area contributed by atoms with Crippen LogP contribution in [0.1, 0.15) is 17.3 Å². The molecular weight excluding hydrogens is 262 g/mol. The molecule has 100 valence electrons. The van der Waals surface area contributed by atoms with E-state index in [4.69, 9.17) is 10.5 Å². The lowest BCUT2D eigenvalue weighted by Crippen LogP contribution is -2.48. The highest BCUT2D eigenvalue weighted by atomic mass is 32.1. The largest absolute Gasteiger partial charge is 0.380 e. The van der Waals surface area contributed by atoms with Crippen LogP contribution in [0.3, 0.4) is 0 Å². The fourth-order valence-electron chi connectivity index (χ4n) is 2.03. The molecular formula is C13H15N3O2S. The molecule has 0 aliphatic carbocycles. The topological polar surface area (TPSA) is 77.2 Å². The molecule has 19 heavy (non-hydrogen) atoms. The Hall–Kier alpha value is -1.66. The van der Waals surface area contributed by atoms with Crippen molar-refractivity contribution in [2.45, 2.75) is 6.92 Å². The van der Waals surface area contributed by atoms with E-state index in [9.17, 15) is 4.79 Å². The van der Waals surface area contributed by atoms with Crippen molar-refractivity contribution in [3.63, 3.8) is 0 Å². The van der Waals surface area contributed by atoms with E-state index in [2.05, 4.69) is 17.2 Å². The molecule has 5 nitrogen and oxygen atoms in total. The van der Waals surface area contributed by atoms with E-state index in [1.165, 1.54) is 11.3 Å². The highest BCUT2D eigenvalue weighted by Gasteiger charge is 2.33. The molecule has 1 amide bonds. The summed E-state index contributed by atoms with van der Waals surface area (Å²) in [5.74, 6) is -0.0676. The number of nitrogens with one attached hydrogen (secondary N) is 1. The van der Waals surface area contributed by atoms with E-state index in [0.29, 0.717) is 30.5 Å². The summed E-state index contributed by atoms with van der Waals surface area (Å²) >= 11 is 1.39. The van der Waals surface area contributed by atoms with Crippen LogP contribution in [-0.2, 0) is 4.74 Å². The zero-order chi connectivity index (χ0) is 13.5. The van der Waals surface area contributed by atoms with Gasteiger partial charge in [-0.2, -0.15) is 0 Å². The third-order valence-corrected chi connectivity index (χ3v) is 4.09. The van der Waals surface area contributed by atoms with Gasteiger partial charge in [0.05, 0.1) is 23.4 Å². The monoisotopic (exact) mass is 277 g/mol. The minimum Gasteiger partial charge on any atom is -0.380 e. The number of nitrogens with zero attached hydrogens (tertiary/aromatic N) is 1. The number of aromatic nitrogens is 1. The number of hydrogen-bond donors (Lipinski definition) is 2. The number of amides is 1. The van der Waals surface area contributed by atoms with Gasteiger partial charge in [-0.05, 0) is 18.2 Å². The summed E-state index contributed by atoms with van der Waals surface area (Å²) in [4.78, 5) is 16.3. The van der Waals surface area contributed by atoms with Gasteiger partial charge in [0.25, 0.3) is 5.91 Å². The predicted molar refractivity (Wildman–Crippen MR) is 75.3 cm³/mol. The van der Waals surface area contributed by atoms with Gasteiger partial charge in [-0.25, -0.2) is 4.98 Å². The number of nitrogen functional groups attached to an aromatic ring is 1. The third kappa shape index (κ3) is 2.41. The summed E-state index contributed by atoms with van der Waals surface area (Å²) < 4.78 is 6.10. The number of ether oxygens (including phenoxy) is 1. The Kier molecular flexibility index (Phi) is 2.91. The van der Waals surface area contributed by atoms with Crippen LogP contribution in [0.5, 0.6) is 0 Å². The second-order valence-electron chi connectivity index (χ2n) is 5.22. The average Bonchev–Trinajstić information content (AvgIpc) is 2.72. The molecule has 1 aromatic carbocycles. The molecule has 0 bridgehead atoms. The summed E-state index contributed by atoms with van der Waals surface area (Å²) in [5.41, 5.74) is 7.20. The Morgan fingerprint density at radius 3 is 3.05 bits per heavy atom. The molecule has 0 spiro atoms. The van der Waals surface area contributed by atoms with Crippen LogP contribution in [0.25, 0.3) is 10.2 Å². The number of rotatable bonds is 3. The van der Waals surface area contributed by atoms with Gasteiger partial charge >= 0.3 is 0 Å². The summed E-state index contributed by atoms with van der Waals surface area (Å²) in [6.45, 7) is 4.15. The van der Waals surface area contributed by atoms with Crippen molar-refractivity contribution in [1.29, 1.82) is 0 Å². The Balaban J connectivity index is 1.73. The third-order valence-electron chi connectivity index (χ3n) is 3.24. The molecule has 1 aliphatic heterocycles. The minimum absolute atomic E-state index is 0.0676. The smallest absolute Gasteiger partial charge is 0.251 e. The van der Waals surface area contributed by atoms with Gasteiger partial charge in [-0.15, -0.1) is 0 Å². The van der Waals surface area contributed by atoms with Gasteiger partial charge in [-0.3, -0.25) is 4.79 Å². The predicted octanol–water partition coefficient (Wildman–Crippen LogP) is 1.64. The first kappa shape index (κ1) is 12.4. The van der Waals surface area contributed by atoms with Crippen LogP contribution in [0.15, 0.2) is 18.2 Å². The number of hydrogen-bond acceptors (Lipinski definition) is 5. The van der Waals surface area contributed by atoms with Crippen molar-refractivity contribution in [1.82, 2.24) is 10.3 Å². The molecule has 3 rings (SSSR count). The van der Waals surface area contributed by atoms with Crippen molar-refractivity contribution >= 4 is 32.6 Å². The Bertz CT molecular complexity index is 634. The molecule has 2 heterocycles. The van der Waals surface area contributed by atoms with Crippen molar-refractivity contribution < 1.29 is 9.53 Å². The highest BCUT2D eigenvalue weighted by molar-refractivity contribution is 7.22. The Morgan fingerprint density at radius 1 is 1.58 bits per heavy atom. The number of carbonyl (C=O) groups excluding carboxylic acids is 1.